The fourth-order valence-corrected chi connectivity index (χ4v) is 6.42. The molecule has 5 nitrogen and oxygen atoms in total. The van der Waals surface area contributed by atoms with Crippen LogP contribution in [0.5, 0.6) is 0 Å². The molecular formula is C25H25O5P. The molecule has 0 fully saturated rings. The Labute approximate surface area is 182 Å². The van der Waals surface area contributed by atoms with E-state index < -0.39 is 25.0 Å². The van der Waals surface area contributed by atoms with Crippen molar-refractivity contribution in [2.45, 2.75) is 19.8 Å². The average Bonchev–Trinajstić information content (AvgIpc) is 2.80. The van der Waals surface area contributed by atoms with Crippen molar-refractivity contribution in [3.05, 3.63) is 90.5 Å². The largest absolute Gasteiger partial charge is 0.465 e. The van der Waals surface area contributed by atoms with Crippen molar-refractivity contribution in [1.82, 2.24) is 0 Å². The van der Waals surface area contributed by atoms with E-state index >= 15 is 0 Å². The van der Waals surface area contributed by atoms with Crippen LogP contribution in [0.3, 0.4) is 0 Å². The zero-order chi connectivity index (χ0) is 22.3. The van der Waals surface area contributed by atoms with Crippen molar-refractivity contribution in [2.75, 3.05) is 13.2 Å². The Morgan fingerprint density at radius 2 is 1.13 bits per heavy atom. The Hall–Kier alpha value is -3.17. The van der Waals surface area contributed by atoms with E-state index in [1.54, 1.807) is 62.4 Å². The summed E-state index contributed by atoms with van der Waals surface area (Å²) in [6, 6.07) is 25.0. The molecule has 3 rings (SSSR count). The van der Waals surface area contributed by atoms with Crippen LogP contribution in [0.1, 0.15) is 25.3 Å². The smallest absolute Gasteiger partial charge is 0.324 e. The van der Waals surface area contributed by atoms with E-state index in [-0.39, 0.29) is 13.2 Å². The Morgan fingerprint density at radius 1 is 0.710 bits per heavy atom. The lowest BCUT2D eigenvalue weighted by molar-refractivity contribution is -0.156. The molecule has 0 saturated heterocycles. The summed E-state index contributed by atoms with van der Waals surface area (Å²) in [4.78, 5) is 25.6. The van der Waals surface area contributed by atoms with E-state index in [0.29, 0.717) is 21.5 Å². The Balaban J connectivity index is 2.29. The minimum atomic E-state index is -3.40. The molecule has 6 heteroatoms. The molecule has 0 atom stereocenters. The molecule has 0 aliphatic carbocycles. The minimum absolute atomic E-state index is 0.117. The maximum atomic E-state index is 14.8. The molecule has 3 aromatic rings. The molecular weight excluding hydrogens is 411 g/mol. The first-order valence-electron chi connectivity index (χ1n) is 10.2. The first-order chi connectivity index (χ1) is 15.0. The number of hydrogen-bond acceptors (Lipinski definition) is 5. The molecule has 0 saturated carbocycles. The van der Waals surface area contributed by atoms with Gasteiger partial charge in [0.05, 0.1) is 13.2 Å². The van der Waals surface area contributed by atoms with E-state index in [0.717, 1.165) is 0 Å². The second-order valence-electron chi connectivity index (χ2n) is 6.78. The topological polar surface area (TPSA) is 69.7 Å². The van der Waals surface area contributed by atoms with Crippen molar-refractivity contribution < 1.29 is 23.6 Å². The van der Waals surface area contributed by atoms with Crippen LogP contribution in [0.2, 0.25) is 0 Å². The molecule has 3 aromatic carbocycles. The van der Waals surface area contributed by atoms with Crippen LogP contribution in [0.25, 0.3) is 0 Å². The van der Waals surface area contributed by atoms with Gasteiger partial charge in [-0.15, -0.1) is 0 Å². The van der Waals surface area contributed by atoms with E-state index in [2.05, 4.69) is 0 Å². The Morgan fingerprint density at radius 3 is 1.58 bits per heavy atom. The van der Waals surface area contributed by atoms with Crippen molar-refractivity contribution in [3.8, 4) is 0 Å². The third-order valence-corrected chi connectivity index (χ3v) is 8.01. The molecule has 0 aromatic heterocycles. The second-order valence-corrected chi connectivity index (χ2v) is 9.51. The zero-order valence-corrected chi connectivity index (χ0v) is 18.5. The highest BCUT2D eigenvalue weighted by Crippen LogP contribution is 2.44. The lowest BCUT2D eigenvalue weighted by Crippen LogP contribution is -2.34. The molecule has 0 N–H and O–H groups in total. The van der Waals surface area contributed by atoms with Gasteiger partial charge in [0, 0.05) is 15.9 Å². The maximum absolute atomic E-state index is 14.8. The van der Waals surface area contributed by atoms with Crippen LogP contribution in [0.15, 0.2) is 84.9 Å². The number of carbonyl (C=O) groups excluding carboxylic acids is 2. The summed E-state index contributed by atoms with van der Waals surface area (Å²) in [6.45, 7) is 3.58. The van der Waals surface area contributed by atoms with Gasteiger partial charge in [-0.2, -0.15) is 0 Å². The highest BCUT2D eigenvalue weighted by molar-refractivity contribution is 7.85. The van der Waals surface area contributed by atoms with Gasteiger partial charge in [-0.1, -0.05) is 84.9 Å². The summed E-state index contributed by atoms with van der Waals surface area (Å²) >= 11 is 0. The predicted molar refractivity (Wildman–Crippen MR) is 122 cm³/mol. The highest BCUT2D eigenvalue weighted by atomic mass is 31.2. The number of ether oxygens (including phenoxy) is 2. The fourth-order valence-electron chi connectivity index (χ4n) is 3.52. The summed E-state index contributed by atoms with van der Waals surface area (Å²) in [5.74, 6) is -2.76. The number of benzene rings is 3. The van der Waals surface area contributed by atoms with Crippen LogP contribution in [-0.2, 0) is 23.6 Å². The normalized spacial score (nSPS) is 11.2. The van der Waals surface area contributed by atoms with E-state index in [9.17, 15) is 14.2 Å². The van der Waals surface area contributed by atoms with E-state index in [4.69, 9.17) is 9.47 Å². The van der Waals surface area contributed by atoms with Crippen molar-refractivity contribution >= 4 is 35.0 Å². The molecule has 0 spiro atoms. The molecule has 0 unspecified atom stereocenters. The summed E-state index contributed by atoms with van der Waals surface area (Å²) in [5.41, 5.74) is 0.329. The lowest BCUT2D eigenvalue weighted by atomic mass is 9.99. The highest BCUT2D eigenvalue weighted by Gasteiger charge is 2.39. The van der Waals surface area contributed by atoms with Crippen LogP contribution in [0.4, 0.5) is 0 Å². The third-order valence-electron chi connectivity index (χ3n) is 4.87. The first-order valence-corrected chi connectivity index (χ1v) is 11.9. The SMILES string of the molecule is CCOC(=O)C(C(=O)OCC)c1ccccc1P(=O)(c1ccccc1)c1ccccc1. The number of esters is 2. The molecule has 0 aliphatic heterocycles. The summed E-state index contributed by atoms with van der Waals surface area (Å²) < 4.78 is 25.2. The molecule has 0 aliphatic rings. The lowest BCUT2D eigenvalue weighted by Gasteiger charge is -2.25. The third kappa shape index (κ3) is 4.62. The van der Waals surface area contributed by atoms with E-state index in [1.165, 1.54) is 0 Å². The molecule has 160 valence electrons. The van der Waals surface area contributed by atoms with Gasteiger partial charge in [-0.05, 0) is 19.4 Å². The Bertz CT molecular complexity index is 1020. The summed E-state index contributed by atoms with van der Waals surface area (Å²) in [7, 11) is -3.40. The van der Waals surface area contributed by atoms with Gasteiger partial charge in [0.2, 0.25) is 0 Å². The molecule has 31 heavy (non-hydrogen) atoms. The number of hydrogen-bond donors (Lipinski definition) is 0. The second kappa shape index (κ2) is 10.2. The van der Waals surface area contributed by atoms with Gasteiger partial charge in [0.25, 0.3) is 0 Å². The van der Waals surface area contributed by atoms with Crippen molar-refractivity contribution in [3.63, 3.8) is 0 Å². The minimum Gasteiger partial charge on any atom is -0.465 e. The van der Waals surface area contributed by atoms with Gasteiger partial charge < -0.3 is 14.0 Å². The van der Waals surface area contributed by atoms with E-state index in [1.807, 2.05) is 36.4 Å². The molecule has 0 amide bonds. The standard InChI is InChI=1S/C25H25O5P/c1-3-29-24(26)23(25(27)30-4-2)21-17-11-12-18-22(21)31(28,19-13-7-5-8-14-19)20-15-9-6-10-16-20/h5-18,23H,3-4H2,1-2H3. The van der Waals surface area contributed by atoms with Crippen molar-refractivity contribution in [2.24, 2.45) is 0 Å². The fraction of sp³-hybridized carbons (Fsp3) is 0.200. The molecule has 0 heterocycles. The average molecular weight is 436 g/mol. The van der Waals surface area contributed by atoms with Gasteiger partial charge in [-0.25, -0.2) is 0 Å². The summed E-state index contributed by atoms with van der Waals surface area (Å²) in [6.07, 6.45) is 0. The van der Waals surface area contributed by atoms with Crippen molar-refractivity contribution in [1.29, 1.82) is 0 Å². The molecule has 0 bridgehead atoms. The first kappa shape index (κ1) is 22.5. The Kier molecular flexibility index (Phi) is 7.43. The van der Waals surface area contributed by atoms with Crippen LogP contribution < -0.4 is 15.9 Å². The number of rotatable bonds is 8. The summed E-state index contributed by atoms with van der Waals surface area (Å²) in [5, 5.41) is 1.64. The zero-order valence-electron chi connectivity index (χ0n) is 17.6. The maximum Gasteiger partial charge on any atom is 0.324 e. The quantitative estimate of drug-likeness (QED) is 0.307. The van der Waals surface area contributed by atoms with Crippen LogP contribution in [-0.4, -0.2) is 25.2 Å². The molecule has 0 radical (unpaired) electrons. The van der Waals surface area contributed by atoms with Gasteiger partial charge in [-0.3, -0.25) is 9.59 Å². The predicted octanol–water partition coefficient (Wildman–Crippen LogP) is 3.54. The van der Waals surface area contributed by atoms with Crippen LogP contribution >= 0.6 is 7.14 Å². The number of carbonyl (C=O) groups is 2. The van der Waals surface area contributed by atoms with Gasteiger partial charge in [0.15, 0.2) is 13.1 Å². The monoisotopic (exact) mass is 436 g/mol. The van der Waals surface area contributed by atoms with Crippen LogP contribution in [0, 0.1) is 0 Å². The van der Waals surface area contributed by atoms with Gasteiger partial charge in [0.1, 0.15) is 0 Å². The van der Waals surface area contributed by atoms with Gasteiger partial charge >= 0.3 is 11.9 Å².